The van der Waals surface area contributed by atoms with Gasteiger partial charge in [-0.25, -0.2) is 13.1 Å². The Hall–Kier alpha value is -1.13. The molecule has 1 heterocycles. The molecule has 116 valence electrons. The van der Waals surface area contributed by atoms with Gasteiger partial charge in [0.05, 0.1) is 16.5 Å². The Kier molecular flexibility index (Phi) is 6.17. The summed E-state index contributed by atoms with van der Waals surface area (Å²) in [5.74, 6) is 0. The van der Waals surface area contributed by atoms with Gasteiger partial charge in [-0.1, -0.05) is 0 Å². The summed E-state index contributed by atoms with van der Waals surface area (Å²) in [5, 5.41) is 12.1. The fraction of sp³-hybridized carbons (Fsp3) is 0.500. The van der Waals surface area contributed by atoms with Crippen LogP contribution in [0.3, 0.4) is 0 Å². The Labute approximate surface area is 132 Å². The molecular formula is C14H20ClN3O2S. The van der Waals surface area contributed by atoms with Crippen LogP contribution in [0, 0.1) is 18.3 Å². The van der Waals surface area contributed by atoms with E-state index in [1.54, 1.807) is 13.0 Å². The summed E-state index contributed by atoms with van der Waals surface area (Å²) in [5.41, 5.74) is 1.07. The first-order chi connectivity index (χ1) is 9.42. The maximum absolute atomic E-state index is 12.4. The zero-order chi connectivity index (χ0) is 14.8. The van der Waals surface area contributed by atoms with Crippen molar-refractivity contribution in [2.24, 2.45) is 0 Å². The summed E-state index contributed by atoms with van der Waals surface area (Å²) in [6, 6.07) is 6.92. The second-order valence-corrected chi connectivity index (χ2v) is 6.97. The summed E-state index contributed by atoms with van der Waals surface area (Å²) >= 11 is 0. The first kappa shape index (κ1) is 17.9. The van der Waals surface area contributed by atoms with Crippen molar-refractivity contribution in [1.82, 2.24) is 10.0 Å². The number of hydrogen-bond donors (Lipinski definition) is 2. The number of nitrogens with zero attached hydrogens (tertiary/aromatic N) is 1. The first-order valence-corrected chi connectivity index (χ1v) is 8.17. The summed E-state index contributed by atoms with van der Waals surface area (Å²) in [6.07, 6.45) is 1.58. The molecule has 0 radical (unpaired) electrons. The molecule has 2 rings (SSSR count). The molecule has 0 spiro atoms. The second-order valence-electron chi connectivity index (χ2n) is 5.29. The van der Waals surface area contributed by atoms with Gasteiger partial charge in [0, 0.05) is 12.1 Å². The molecule has 1 aromatic carbocycles. The molecule has 1 fully saturated rings. The molecule has 2 unspecified atom stereocenters. The van der Waals surface area contributed by atoms with Crippen molar-refractivity contribution in [3.05, 3.63) is 29.3 Å². The SMILES string of the molecule is Cc1cc(C#N)ccc1S(=O)(=O)NC1CCNC(C)C1.Cl. The molecule has 7 heteroatoms. The fourth-order valence-corrected chi connectivity index (χ4v) is 4.05. The van der Waals surface area contributed by atoms with Crippen LogP contribution < -0.4 is 10.0 Å². The summed E-state index contributed by atoms with van der Waals surface area (Å²) in [6.45, 7) is 4.58. The topological polar surface area (TPSA) is 82.0 Å². The van der Waals surface area contributed by atoms with Gasteiger partial charge < -0.3 is 5.32 Å². The molecule has 0 aliphatic carbocycles. The van der Waals surface area contributed by atoms with Gasteiger partial charge in [-0.3, -0.25) is 0 Å². The monoisotopic (exact) mass is 329 g/mol. The van der Waals surface area contributed by atoms with E-state index < -0.39 is 10.0 Å². The number of nitriles is 1. The Morgan fingerprint density at radius 3 is 2.71 bits per heavy atom. The number of piperidine rings is 1. The predicted octanol–water partition coefficient (Wildman–Crippen LogP) is 1.71. The number of nitrogens with one attached hydrogen (secondary N) is 2. The molecule has 0 aromatic heterocycles. The van der Waals surface area contributed by atoms with Gasteiger partial charge in [0.2, 0.25) is 10.0 Å². The smallest absolute Gasteiger partial charge is 0.241 e. The molecule has 1 aliphatic rings. The van der Waals surface area contributed by atoms with E-state index in [0.717, 1.165) is 19.4 Å². The quantitative estimate of drug-likeness (QED) is 0.884. The Bertz CT molecular complexity index is 640. The molecule has 0 saturated carbocycles. The van der Waals surface area contributed by atoms with Crippen molar-refractivity contribution < 1.29 is 8.42 Å². The van der Waals surface area contributed by atoms with Crippen molar-refractivity contribution >= 4 is 22.4 Å². The zero-order valence-corrected chi connectivity index (χ0v) is 13.7. The van der Waals surface area contributed by atoms with Crippen LogP contribution in [0.5, 0.6) is 0 Å². The first-order valence-electron chi connectivity index (χ1n) is 6.69. The van der Waals surface area contributed by atoms with E-state index in [9.17, 15) is 8.42 Å². The maximum atomic E-state index is 12.4. The Morgan fingerprint density at radius 1 is 1.43 bits per heavy atom. The lowest BCUT2D eigenvalue weighted by Gasteiger charge is -2.28. The van der Waals surface area contributed by atoms with Crippen LogP contribution in [0.4, 0.5) is 0 Å². The minimum atomic E-state index is -3.53. The highest BCUT2D eigenvalue weighted by Crippen LogP contribution is 2.18. The van der Waals surface area contributed by atoms with Crippen LogP contribution in [0.1, 0.15) is 30.9 Å². The van der Waals surface area contributed by atoms with E-state index >= 15 is 0 Å². The molecule has 21 heavy (non-hydrogen) atoms. The number of sulfonamides is 1. The molecule has 1 saturated heterocycles. The normalized spacial score (nSPS) is 22.1. The fourth-order valence-electron chi connectivity index (χ4n) is 2.54. The van der Waals surface area contributed by atoms with E-state index in [1.165, 1.54) is 12.1 Å². The lowest BCUT2D eigenvalue weighted by Crippen LogP contribution is -2.46. The van der Waals surface area contributed by atoms with Gasteiger partial charge >= 0.3 is 0 Å². The van der Waals surface area contributed by atoms with Crippen LogP contribution in [0.2, 0.25) is 0 Å². The molecule has 2 atom stereocenters. The third kappa shape index (κ3) is 4.42. The average molecular weight is 330 g/mol. The molecule has 0 bridgehead atoms. The van der Waals surface area contributed by atoms with Crippen molar-refractivity contribution in [1.29, 1.82) is 5.26 Å². The highest BCUT2D eigenvalue weighted by Gasteiger charge is 2.25. The lowest BCUT2D eigenvalue weighted by atomic mass is 10.0. The average Bonchev–Trinajstić information content (AvgIpc) is 2.37. The number of halogens is 1. The van der Waals surface area contributed by atoms with Gasteiger partial charge in [0.25, 0.3) is 0 Å². The van der Waals surface area contributed by atoms with E-state index in [-0.39, 0.29) is 23.3 Å². The van der Waals surface area contributed by atoms with Crippen molar-refractivity contribution in [3.63, 3.8) is 0 Å². The minimum Gasteiger partial charge on any atom is -0.314 e. The van der Waals surface area contributed by atoms with Crippen LogP contribution in [0.25, 0.3) is 0 Å². The molecule has 0 amide bonds. The van der Waals surface area contributed by atoms with Crippen molar-refractivity contribution in [2.75, 3.05) is 6.54 Å². The van der Waals surface area contributed by atoms with Crippen LogP contribution >= 0.6 is 12.4 Å². The minimum absolute atomic E-state index is 0. The Balaban J connectivity index is 0.00000220. The highest BCUT2D eigenvalue weighted by atomic mass is 35.5. The summed E-state index contributed by atoms with van der Waals surface area (Å²) in [7, 11) is -3.53. The van der Waals surface area contributed by atoms with Crippen molar-refractivity contribution in [2.45, 2.75) is 43.7 Å². The largest absolute Gasteiger partial charge is 0.314 e. The standard InChI is InChI=1S/C14H19N3O2S.ClH/c1-10-7-12(9-15)3-4-14(10)20(18,19)17-13-5-6-16-11(2)8-13;/h3-4,7,11,13,16-17H,5-6,8H2,1-2H3;1H. The number of rotatable bonds is 3. The van der Waals surface area contributed by atoms with E-state index in [1.807, 2.05) is 13.0 Å². The van der Waals surface area contributed by atoms with Crippen LogP contribution in [-0.2, 0) is 10.0 Å². The van der Waals surface area contributed by atoms with E-state index in [0.29, 0.717) is 17.2 Å². The number of hydrogen-bond acceptors (Lipinski definition) is 4. The van der Waals surface area contributed by atoms with Gasteiger partial charge in [-0.15, -0.1) is 12.4 Å². The third-order valence-corrected chi connectivity index (χ3v) is 5.22. The van der Waals surface area contributed by atoms with Crippen LogP contribution in [-0.4, -0.2) is 27.0 Å². The summed E-state index contributed by atoms with van der Waals surface area (Å²) < 4.78 is 27.6. The molecule has 1 aromatic rings. The number of aryl methyl sites for hydroxylation is 1. The van der Waals surface area contributed by atoms with Crippen molar-refractivity contribution in [3.8, 4) is 6.07 Å². The molecular weight excluding hydrogens is 310 g/mol. The zero-order valence-electron chi connectivity index (χ0n) is 12.1. The lowest BCUT2D eigenvalue weighted by molar-refractivity contribution is 0.361. The highest BCUT2D eigenvalue weighted by molar-refractivity contribution is 7.89. The maximum Gasteiger partial charge on any atom is 0.241 e. The molecule has 2 N–H and O–H groups in total. The van der Waals surface area contributed by atoms with Gasteiger partial charge in [0.15, 0.2) is 0 Å². The van der Waals surface area contributed by atoms with E-state index in [4.69, 9.17) is 5.26 Å². The van der Waals surface area contributed by atoms with E-state index in [2.05, 4.69) is 10.0 Å². The number of benzene rings is 1. The molecule has 5 nitrogen and oxygen atoms in total. The Morgan fingerprint density at radius 2 is 2.14 bits per heavy atom. The van der Waals surface area contributed by atoms with Gasteiger partial charge in [-0.2, -0.15) is 5.26 Å². The second kappa shape index (κ2) is 7.23. The predicted molar refractivity (Wildman–Crippen MR) is 84.0 cm³/mol. The van der Waals surface area contributed by atoms with Crippen LogP contribution in [0.15, 0.2) is 23.1 Å². The van der Waals surface area contributed by atoms with Gasteiger partial charge in [0.1, 0.15) is 0 Å². The molecule has 1 aliphatic heterocycles. The third-order valence-electron chi connectivity index (χ3n) is 3.54. The van der Waals surface area contributed by atoms with Gasteiger partial charge in [-0.05, 0) is 57.0 Å². The summed E-state index contributed by atoms with van der Waals surface area (Å²) in [4.78, 5) is 0.252.